The number of Topliss-reactive ketones (excluding diaryl/α,β-unsaturated/α-hetero) is 1. The fourth-order valence-electron chi connectivity index (χ4n) is 13.3. The Morgan fingerprint density at radius 3 is 2.14 bits per heavy atom. The van der Waals surface area contributed by atoms with E-state index in [-0.39, 0.29) is 34.3 Å². The van der Waals surface area contributed by atoms with Crippen LogP contribution in [0, 0.1) is 12.7 Å². The number of H-pyrrole nitrogens is 5. The molecule has 18 rings (SSSR count). The molecule has 0 atom stereocenters. The summed E-state index contributed by atoms with van der Waals surface area (Å²) in [5.41, 5.74) is 21.0. The number of ketones is 1. The number of halogens is 1. The molecule has 16 aromatic rings. The van der Waals surface area contributed by atoms with E-state index in [0.717, 1.165) is 122 Å². The van der Waals surface area contributed by atoms with Crippen molar-refractivity contribution in [3.63, 3.8) is 0 Å². The monoisotopic (exact) mass is 1360 g/mol. The number of aryl methyl sites for hydroxylation is 4. The van der Waals surface area contributed by atoms with Crippen molar-refractivity contribution in [1.82, 2.24) is 75.1 Å². The molecule has 0 saturated carbocycles. The zero-order valence-electron chi connectivity index (χ0n) is 55.3. The number of aromatic amines is 5. The number of nitrogens with zero attached hydrogens (tertiary/aromatic N) is 8. The van der Waals surface area contributed by atoms with Gasteiger partial charge in [-0.2, -0.15) is 5.21 Å². The Morgan fingerprint density at radius 1 is 0.657 bits per heavy atom. The number of rotatable bonds is 10. The number of tetrazole rings is 1. The Balaban J connectivity index is 0.000000109. The molecular weight excluding hydrogens is 1290 g/mol. The van der Waals surface area contributed by atoms with Crippen LogP contribution in [0.2, 0.25) is 0 Å². The van der Waals surface area contributed by atoms with E-state index in [1.807, 2.05) is 85.9 Å². The van der Waals surface area contributed by atoms with Crippen LogP contribution in [0.15, 0.2) is 204 Å². The molecule has 23 nitrogen and oxygen atoms in total. The second kappa shape index (κ2) is 28.7. The van der Waals surface area contributed by atoms with E-state index in [0.29, 0.717) is 75.3 Å². The number of phenols is 2. The van der Waals surface area contributed by atoms with Gasteiger partial charge < -0.3 is 51.1 Å². The molecule has 508 valence electrons. The molecule has 0 radical (unpaired) electrons. The average molecular weight is 1360 g/mol. The smallest absolute Gasteiger partial charge is 0.258 e. The van der Waals surface area contributed by atoms with Gasteiger partial charge in [0, 0.05) is 77.6 Å². The summed E-state index contributed by atoms with van der Waals surface area (Å²) in [6.45, 7) is 3.93. The first-order valence-corrected chi connectivity index (χ1v) is 33.1. The number of fused-ring (bicyclic) bond motifs is 7. The lowest BCUT2D eigenvalue weighted by Gasteiger charge is -2.07. The number of carbonyl (C=O) groups is 3. The van der Waals surface area contributed by atoms with Crippen molar-refractivity contribution in [1.29, 1.82) is 0 Å². The Labute approximate surface area is 579 Å². The van der Waals surface area contributed by atoms with E-state index in [9.17, 15) is 38.6 Å². The zero-order chi connectivity index (χ0) is 70.5. The van der Waals surface area contributed by atoms with Crippen LogP contribution in [0.3, 0.4) is 0 Å². The largest absolute Gasteiger partial charge is 0.508 e. The number of carbonyl (C=O) groups excluding carboxylic acids is 3. The van der Waals surface area contributed by atoms with Crippen molar-refractivity contribution < 1.29 is 29.0 Å². The minimum atomic E-state index is -0.505. The maximum Gasteiger partial charge on any atom is 0.258 e. The summed E-state index contributed by atoms with van der Waals surface area (Å²) in [4.78, 5) is 84.9. The summed E-state index contributed by atoms with van der Waals surface area (Å²) in [5, 5.41) is 41.8. The fourth-order valence-corrected chi connectivity index (χ4v) is 13.3. The van der Waals surface area contributed by atoms with Crippen molar-refractivity contribution in [3.05, 3.63) is 277 Å². The fraction of sp³-hybridized carbons (Fsp3) is 0.141. The van der Waals surface area contributed by atoms with Gasteiger partial charge >= 0.3 is 0 Å². The van der Waals surface area contributed by atoms with E-state index in [4.69, 9.17) is 10.7 Å². The normalized spacial score (nSPS) is 12.4. The molecule has 0 saturated heterocycles. The molecule has 0 unspecified atom stereocenters. The van der Waals surface area contributed by atoms with Gasteiger partial charge in [0.1, 0.15) is 51.5 Å². The van der Waals surface area contributed by atoms with E-state index in [2.05, 4.69) is 119 Å². The molecule has 9 heterocycles. The number of aromatic nitrogens is 13. The van der Waals surface area contributed by atoms with Crippen molar-refractivity contribution in [2.45, 2.75) is 58.5 Å². The lowest BCUT2D eigenvalue weighted by atomic mass is 9.99. The number of nitrogens with two attached hydrogens (primary N) is 1. The maximum atomic E-state index is 13.9. The second-order valence-electron chi connectivity index (χ2n) is 24.6. The van der Waals surface area contributed by atoms with Gasteiger partial charge in [0.25, 0.3) is 22.9 Å². The van der Waals surface area contributed by atoms with Gasteiger partial charge in [0.15, 0.2) is 11.6 Å². The van der Waals surface area contributed by atoms with E-state index in [1.165, 1.54) is 29.3 Å². The molecule has 0 spiro atoms. The summed E-state index contributed by atoms with van der Waals surface area (Å²) >= 11 is 0. The molecule has 11 N–H and O–H groups in total. The van der Waals surface area contributed by atoms with Gasteiger partial charge in [-0.05, 0) is 146 Å². The van der Waals surface area contributed by atoms with Crippen LogP contribution in [0.1, 0.15) is 83.6 Å². The quantitative estimate of drug-likeness (QED) is 0.0609. The Morgan fingerprint density at radius 2 is 1.37 bits per heavy atom. The minimum absolute atomic E-state index is 0.0340. The number of amides is 2. The molecule has 2 amide bonds. The number of imidazole rings is 2. The summed E-state index contributed by atoms with van der Waals surface area (Å²) in [7, 11) is 1.92. The third kappa shape index (κ3) is 13.5. The standard InChI is InChI=1S/C19H18FN3O.C19H18N2O.C17H12N6O.C14H11N3O2.C9H8N2O2/c1-21-10-11-2-4-12(5-3-11)18-14-6-7-22-19(24)15-8-13(20)9-16(23-18)17(14)15;22-17-10-5-13-21-18(12-11-14-6-2-1-3-7-14)20-16-9-4-8-15(17)19(16)21;24-17-11-6-2-4-8-14(11)23-13-7-3-1-5-10(13)12(16(23)18-17)9-15-19-21-22-20-15;15-13(19)10-2-1-3-11-12(10)17-14(16-11)8-4-6-9(18)7-5-8;1-5-10-8-6(9(13)11-5)3-2-4-7(8)12/h2-5,8-9,21,23H,6-7,10H2,1H3,(H,22,24);1-4,6-9H,5,10-13H2;1-8H,9H2,(H,18,24)(H,19,20,21,22);1-7,18H,(H2,15,19)(H,16,17);2-4,12H,1H3,(H,10,11,13). The summed E-state index contributed by atoms with van der Waals surface area (Å²) in [6, 6.07) is 59.7. The van der Waals surface area contributed by atoms with E-state index in [1.54, 1.807) is 55.5 Å². The van der Waals surface area contributed by atoms with Crippen LogP contribution >= 0.6 is 0 Å². The highest BCUT2D eigenvalue weighted by Crippen LogP contribution is 2.36. The van der Waals surface area contributed by atoms with Crippen LogP contribution in [0.5, 0.6) is 11.5 Å². The van der Waals surface area contributed by atoms with Gasteiger partial charge in [-0.3, -0.25) is 28.4 Å². The summed E-state index contributed by atoms with van der Waals surface area (Å²) < 4.78 is 18.2. The molecule has 2 aliphatic heterocycles. The molecule has 102 heavy (non-hydrogen) atoms. The Kier molecular flexibility index (Phi) is 18.6. The van der Waals surface area contributed by atoms with Crippen molar-refractivity contribution >= 4 is 88.9 Å². The highest BCUT2D eigenvalue weighted by Gasteiger charge is 2.25. The molecule has 0 bridgehead atoms. The number of nitrogens with one attached hydrogen (secondary N) is 7. The summed E-state index contributed by atoms with van der Waals surface area (Å²) in [5.74, 6) is 2.16. The number of hydrogen-bond donors (Lipinski definition) is 10. The van der Waals surface area contributed by atoms with Crippen LogP contribution in [0.25, 0.3) is 94.0 Å². The van der Waals surface area contributed by atoms with Crippen LogP contribution < -0.4 is 27.5 Å². The Hall–Kier alpha value is -13.2. The maximum absolute atomic E-state index is 13.9. The van der Waals surface area contributed by atoms with Crippen molar-refractivity contribution in [3.8, 4) is 34.1 Å². The Bertz CT molecular complexity index is 5960. The number of primary amides is 1. The molecule has 2 aliphatic rings. The van der Waals surface area contributed by atoms with Gasteiger partial charge in [-0.15, -0.1) is 10.2 Å². The highest BCUT2D eigenvalue weighted by atomic mass is 19.1. The van der Waals surface area contributed by atoms with Crippen LogP contribution in [0.4, 0.5) is 4.39 Å². The molecule has 24 heteroatoms. The second-order valence-corrected chi connectivity index (χ2v) is 24.6. The van der Waals surface area contributed by atoms with Crippen molar-refractivity contribution in [2.24, 2.45) is 5.73 Å². The van der Waals surface area contributed by atoms with Gasteiger partial charge in [-0.25, -0.2) is 19.3 Å². The molecule has 9 aromatic carbocycles. The van der Waals surface area contributed by atoms with E-state index >= 15 is 0 Å². The predicted octanol–water partition coefficient (Wildman–Crippen LogP) is 11.8. The third-order valence-electron chi connectivity index (χ3n) is 18.0. The lowest BCUT2D eigenvalue weighted by Crippen LogP contribution is -2.23. The number of benzene rings is 9. The zero-order valence-corrected chi connectivity index (χ0v) is 55.3. The van der Waals surface area contributed by atoms with Gasteiger partial charge in [-0.1, -0.05) is 108 Å². The first kappa shape index (κ1) is 66.0. The van der Waals surface area contributed by atoms with Gasteiger partial charge in [0.2, 0.25) is 0 Å². The number of hydrogen-bond acceptors (Lipinski definition) is 14. The predicted molar refractivity (Wildman–Crippen MR) is 390 cm³/mol. The third-order valence-corrected chi connectivity index (χ3v) is 18.0. The minimum Gasteiger partial charge on any atom is -0.508 e. The van der Waals surface area contributed by atoms with Crippen molar-refractivity contribution in [2.75, 3.05) is 13.6 Å². The van der Waals surface area contributed by atoms with E-state index < -0.39 is 11.7 Å². The first-order chi connectivity index (χ1) is 49.7. The molecule has 7 aromatic heterocycles. The highest BCUT2D eigenvalue weighted by molar-refractivity contribution is 6.11. The first-order valence-electron chi connectivity index (χ1n) is 33.1. The molecular formula is C78H67FN16O7. The molecule has 0 fully saturated rings. The number of phenolic OH excluding ortho intramolecular Hbond substituents is 2. The number of aromatic hydroxyl groups is 2. The topological polar surface area (TPSA) is 342 Å². The average Bonchev–Trinajstić information content (AvgIpc) is 1.59. The summed E-state index contributed by atoms with van der Waals surface area (Å²) in [6.07, 6.45) is 4.63. The van der Waals surface area contributed by atoms with Crippen LogP contribution in [-0.4, -0.2) is 106 Å². The van der Waals surface area contributed by atoms with Crippen LogP contribution in [-0.2, 0) is 38.8 Å². The van der Waals surface area contributed by atoms with Gasteiger partial charge in [0.05, 0.1) is 49.5 Å². The lowest BCUT2D eigenvalue weighted by molar-refractivity contribution is 0.0953. The molecule has 0 aliphatic carbocycles. The SMILES string of the molecule is CNCc1ccc(-c2[nH]c3cc(F)cc4c3c2CCNC4=O)cc1.Cc1nc2c(O)cccc2c(=O)[nH]1.NC(=O)c1cccc2[nH]c(-c3ccc(O)cc3)nc12.O=C1CCCn2c(CCc3ccccc3)nc3cccc1c32.O=c1[nH]c2c(Cc3nn[nH]n3)c3ccccc3n2c2ccccc12. The number of para-hydroxylation sites is 5.